The van der Waals surface area contributed by atoms with Gasteiger partial charge in [0.05, 0.1) is 6.10 Å². The largest absolute Gasteiger partial charge is 0.491 e. The van der Waals surface area contributed by atoms with Crippen LogP contribution in [-0.4, -0.2) is 18.1 Å². The summed E-state index contributed by atoms with van der Waals surface area (Å²) >= 11 is 0. The summed E-state index contributed by atoms with van der Waals surface area (Å²) in [6, 6.07) is 7.53. The molecular formula is C15H23NO2. The molecule has 0 saturated heterocycles. The number of rotatable bonds is 6. The van der Waals surface area contributed by atoms with Gasteiger partial charge >= 0.3 is 0 Å². The highest BCUT2D eigenvalue weighted by atomic mass is 16.5. The van der Waals surface area contributed by atoms with Gasteiger partial charge in [-0.05, 0) is 51.0 Å². The van der Waals surface area contributed by atoms with Crippen LogP contribution >= 0.6 is 0 Å². The molecule has 0 heterocycles. The molecule has 100 valence electrons. The van der Waals surface area contributed by atoms with E-state index in [1.807, 2.05) is 26.0 Å². The zero-order valence-corrected chi connectivity index (χ0v) is 11.7. The third-order valence-electron chi connectivity index (χ3n) is 2.81. The molecule has 0 spiro atoms. The van der Waals surface area contributed by atoms with Crippen molar-refractivity contribution in [2.45, 2.75) is 52.7 Å². The maximum Gasteiger partial charge on any atom is 0.251 e. The minimum Gasteiger partial charge on any atom is -0.491 e. The summed E-state index contributed by atoms with van der Waals surface area (Å²) in [7, 11) is 0. The van der Waals surface area contributed by atoms with Crippen molar-refractivity contribution >= 4 is 5.91 Å². The molecule has 0 atom stereocenters. The van der Waals surface area contributed by atoms with Crippen LogP contribution < -0.4 is 10.1 Å². The number of carbonyl (C=O) groups is 1. The van der Waals surface area contributed by atoms with Gasteiger partial charge < -0.3 is 10.1 Å². The number of amides is 1. The van der Waals surface area contributed by atoms with E-state index in [2.05, 4.69) is 19.2 Å². The highest BCUT2D eigenvalue weighted by molar-refractivity contribution is 5.94. The van der Waals surface area contributed by atoms with Crippen LogP contribution in [0.1, 0.15) is 50.9 Å². The first-order chi connectivity index (χ1) is 8.56. The van der Waals surface area contributed by atoms with Crippen molar-refractivity contribution in [1.29, 1.82) is 0 Å². The van der Waals surface area contributed by atoms with Crippen molar-refractivity contribution < 1.29 is 9.53 Å². The minimum atomic E-state index is -0.0141. The summed E-state index contributed by atoms with van der Waals surface area (Å²) in [5, 5.41) is 3.01. The fraction of sp³-hybridized carbons (Fsp3) is 0.533. The molecule has 1 aromatic rings. The summed E-state index contributed by atoms with van der Waals surface area (Å²) in [5.74, 6) is 0.781. The Kier molecular flexibility index (Phi) is 5.69. The molecular weight excluding hydrogens is 226 g/mol. The van der Waals surface area contributed by atoms with Gasteiger partial charge in [-0.1, -0.05) is 13.8 Å². The summed E-state index contributed by atoms with van der Waals surface area (Å²) < 4.78 is 5.54. The predicted octanol–water partition coefficient (Wildman–Crippen LogP) is 3.39. The zero-order valence-electron chi connectivity index (χ0n) is 11.7. The van der Waals surface area contributed by atoms with Crippen LogP contribution in [0, 0.1) is 0 Å². The predicted molar refractivity (Wildman–Crippen MR) is 74.0 cm³/mol. The smallest absolute Gasteiger partial charge is 0.251 e. The molecule has 0 radical (unpaired) electrons. The van der Waals surface area contributed by atoms with Crippen molar-refractivity contribution in [3.05, 3.63) is 29.8 Å². The highest BCUT2D eigenvalue weighted by Gasteiger charge is 2.10. The van der Waals surface area contributed by atoms with E-state index >= 15 is 0 Å². The lowest BCUT2D eigenvalue weighted by molar-refractivity contribution is 0.0935. The van der Waals surface area contributed by atoms with E-state index in [-0.39, 0.29) is 18.1 Å². The third kappa shape index (κ3) is 4.40. The molecule has 1 rings (SSSR count). The molecule has 0 bridgehead atoms. The maximum absolute atomic E-state index is 12.0. The highest BCUT2D eigenvalue weighted by Crippen LogP contribution is 2.14. The lowest BCUT2D eigenvalue weighted by Gasteiger charge is -2.15. The van der Waals surface area contributed by atoms with E-state index in [9.17, 15) is 4.79 Å². The number of carbonyl (C=O) groups excluding carboxylic acids is 1. The van der Waals surface area contributed by atoms with Gasteiger partial charge in [-0.15, -0.1) is 0 Å². The number of hydrogen-bond donors (Lipinski definition) is 1. The number of hydrogen-bond acceptors (Lipinski definition) is 2. The molecule has 0 aliphatic heterocycles. The quantitative estimate of drug-likeness (QED) is 0.839. The Morgan fingerprint density at radius 2 is 1.72 bits per heavy atom. The van der Waals surface area contributed by atoms with Crippen molar-refractivity contribution in [2.24, 2.45) is 0 Å². The standard InChI is InChI=1S/C15H23NO2/c1-5-13(6-2)16-15(17)12-7-9-14(10-8-12)18-11(3)4/h7-11,13H,5-6H2,1-4H3,(H,16,17). The normalized spacial score (nSPS) is 10.8. The zero-order chi connectivity index (χ0) is 13.5. The average Bonchev–Trinajstić information content (AvgIpc) is 2.35. The molecule has 0 aliphatic rings. The van der Waals surface area contributed by atoms with Crippen molar-refractivity contribution in [3.63, 3.8) is 0 Å². The first kappa shape index (κ1) is 14.6. The Hall–Kier alpha value is -1.51. The maximum atomic E-state index is 12.0. The second-order valence-electron chi connectivity index (χ2n) is 4.68. The summed E-state index contributed by atoms with van der Waals surface area (Å²) in [5.41, 5.74) is 0.679. The van der Waals surface area contributed by atoms with Gasteiger partial charge in [0.2, 0.25) is 0 Å². The van der Waals surface area contributed by atoms with Crippen molar-refractivity contribution in [3.8, 4) is 5.75 Å². The molecule has 0 aliphatic carbocycles. The fourth-order valence-corrected chi connectivity index (χ4v) is 1.72. The molecule has 3 nitrogen and oxygen atoms in total. The minimum absolute atomic E-state index is 0.0141. The second-order valence-corrected chi connectivity index (χ2v) is 4.68. The van der Waals surface area contributed by atoms with E-state index < -0.39 is 0 Å². The van der Waals surface area contributed by atoms with Crippen LogP contribution in [0.15, 0.2) is 24.3 Å². The Balaban J connectivity index is 2.64. The third-order valence-corrected chi connectivity index (χ3v) is 2.81. The number of benzene rings is 1. The van der Waals surface area contributed by atoms with Gasteiger partial charge in [0.1, 0.15) is 5.75 Å². The number of ether oxygens (including phenoxy) is 1. The van der Waals surface area contributed by atoms with Gasteiger partial charge in [0, 0.05) is 11.6 Å². The van der Waals surface area contributed by atoms with Crippen LogP contribution in [0.2, 0.25) is 0 Å². The monoisotopic (exact) mass is 249 g/mol. The lowest BCUT2D eigenvalue weighted by atomic mass is 10.1. The molecule has 3 heteroatoms. The summed E-state index contributed by atoms with van der Waals surface area (Å²) in [6.45, 7) is 8.11. The molecule has 0 unspecified atom stereocenters. The van der Waals surface area contributed by atoms with Gasteiger partial charge in [0.25, 0.3) is 5.91 Å². The molecule has 0 fully saturated rings. The molecule has 0 saturated carbocycles. The first-order valence-electron chi connectivity index (χ1n) is 6.64. The van der Waals surface area contributed by atoms with E-state index in [1.54, 1.807) is 12.1 Å². The Labute approximate surface area is 110 Å². The van der Waals surface area contributed by atoms with Crippen molar-refractivity contribution in [2.75, 3.05) is 0 Å². The Bertz CT molecular complexity index is 367. The number of nitrogens with one attached hydrogen (secondary N) is 1. The first-order valence-corrected chi connectivity index (χ1v) is 6.64. The topological polar surface area (TPSA) is 38.3 Å². The van der Waals surface area contributed by atoms with E-state index in [4.69, 9.17) is 4.74 Å². The van der Waals surface area contributed by atoms with Crippen molar-refractivity contribution in [1.82, 2.24) is 5.32 Å². The SMILES string of the molecule is CCC(CC)NC(=O)c1ccc(OC(C)C)cc1. The van der Waals surface area contributed by atoms with Crippen LogP contribution in [0.25, 0.3) is 0 Å². The molecule has 18 heavy (non-hydrogen) atoms. The fourth-order valence-electron chi connectivity index (χ4n) is 1.72. The van der Waals surface area contributed by atoms with Crippen LogP contribution in [0.5, 0.6) is 5.75 Å². The Morgan fingerprint density at radius 3 is 2.17 bits per heavy atom. The van der Waals surface area contributed by atoms with E-state index in [0.29, 0.717) is 5.56 Å². The van der Waals surface area contributed by atoms with E-state index in [0.717, 1.165) is 18.6 Å². The summed E-state index contributed by atoms with van der Waals surface area (Å²) in [6.07, 6.45) is 2.06. The Morgan fingerprint density at radius 1 is 1.17 bits per heavy atom. The van der Waals surface area contributed by atoms with Crippen LogP contribution in [0.3, 0.4) is 0 Å². The summed E-state index contributed by atoms with van der Waals surface area (Å²) in [4.78, 5) is 12.0. The van der Waals surface area contributed by atoms with Gasteiger partial charge in [-0.3, -0.25) is 4.79 Å². The van der Waals surface area contributed by atoms with Gasteiger partial charge in [-0.25, -0.2) is 0 Å². The molecule has 1 aromatic carbocycles. The molecule has 1 amide bonds. The molecule has 0 aromatic heterocycles. The van der Waals surface area contributed by atoms with Gasteiger partial charge in [-0.2, -0.15) is 0 Å². The second kappa shape index (κ2) is 7.04. The van der Waals surface area contributed by atoms with E-state index in [1.165, 1.54) is 0 Å². The van der Waals surface area contributed by atoms with Crippen LogP contribution in [0.4, 0.5) is 0 Å². The van der Waals surface area contributed by atoms with Crippen LogP contribution in [-0.2, 0) is 0 Å². The average molecular weight is 249 g/mol. The lowest BCUT2D eigenvalue weighted by Crippen LogP contribution is -2.33. The molecule has 1 N–H and O–H groups in total. The van der Waals surface area contributed by atoms with Gasteiger partial charge in [0.15, 0.2) is 0 Å².